The number of nitriles is 2. The second-order valence-corrected chi connectivity index (χ2v) is 8.34. The highest BCUT2D eigenvalue weighted by atomic mass is 127. The van der Waals surface area contributed by atoms with Crippen molar-refractivity contribution in [1.82, 2.24) is 0 Å². The fourth-order valence-corrected chi connectivity index (χ4v) is 3.95. The summed E-state index contributed by atoms with van der Waals surface area (Å²) in [4.78, 5) is 12.7. The summed E-state index contributed by atoms with van der Waals surface area (Å²) in [6.07, 6.45) is 1.50. The van der Waals surface area contributed by atoms with Crippen molar-refractivity contribution < 1.29 is 19.0 Å². The van der Waals surface area contributed by atoms with Gasteiger partial charge >= 0.3 is 0 Å². The number of ether oxygens (including phenoxy) is 3. The van der Waals surface area contributed by atoms with Gasteiger partial charge in [-0.3, -0.25) is 4.79 Å². The van der Waals surface area contributed by atoms with Crippen molar-refractivity contribution >= 4 is 40.3 Å². The number of halogens is 1. The second kappa shape index (κ2) is 12.4. The average molecular weight is 579 g/mol. The summed E-state index contributed by atoms with van der Waals surface area (Å²) >= 11 is 2.12. The molecule has 0 spiro atoms. The van der Waals surface area contributed by atoms with Gasteiger partial charge in [-0.2, -0.15) is 10.5 Å². The SMILES string of the molecule is CCOc1cc(/C=C(\C#N)C(=O)Nc2ccc(OC)cc2)cc(I)c1OCc1ccccc1C#N. The van der Waals surface area contributed by atoms with Gasteiger partial charge in [-0.25, -0.2) is 0 Å². The van der Waals surface area contributed by atoms with E-state index in [0.717, 1.165) is 9.13 Å². The summed E-state index contributed by atoms with van der Waals surface area (Å²) in [7, 11) is 1.56. The predicted molar refractivity (Wildman–Crippen MR) is 141 cm³/mol. The van der Waals surface area contributed by atoms with Crippen molar-refractivity contribution in [3.63, 3.8) is 0 Å². The third-order valence-electron chi connectivity index (χ3n) is 4.87. The highest BCUT2D eigenvalue weighted by molar-refractivity contribution is 14.1. The zero-order valence-corrected chi connectivity index (χ0v) is 21.3. The van der Waals surface area contributed by atoms with E-state index in [1.165, 1.54) is 6.08 Å². The lowest BCUT2D eigenvalue weighted by atomic mass is 10.1. The number of rotatable bonds is 9. The zero-order chi connectivity index (χ0) is 25.2. The first-order chi connectivity index (χ1) is 17.0. The summed E-state index contributed by atoms with van der Waals surface area (Å²) in [6.45, 7) is 2.45. The Morgan fingerprint density at radius 2 is 1.83 bits per heavy atom. The molecule has 0 aromatic heterocycles. The maximum Gasteiger partial charge on any atom is 0.266 e. The summed E-state index contributed by atoms with van der Waals surface area (Å²) in [5, 5.41) is 21.6. The molecular weight excluding hydrogens is 557 g/mol. The van der Waals surface area contributed by atoms with Crippen LogP contribution >= 0.6 is 22.6 Å². The lowest BCUT2D eigenvalue weighted by Crippen LogP contribution is -2.13. The van der Waals surface area contributed by atoms with Crippen LogP contribution in [0.2, 0.25) is 0 Å². The Morgan fingerprint density at radius 3 is 2.49 bits per heavy atom. The van der Waals surface area contributed by atoms with Crippen LogP contribution in [0.5, 0.6) is 17.2 Å². The van der Waals surface area contributed by atoms with Gasteiger partial charge in [0.15, 0.2) is 11.5 Å². The fourth-order valence-electron chi connectivity index (χ4n) is 3.17. The molecule has 0 heterocycles. The van der Waals surface area contributed by atoms with Crippen molar-refractivity contribution in [1.29, 1.82) is 10.5 Å². The number of nitrogens with one attached hydrogen (secondary N) is 1. The van der Waals surface area contributed by atoms with E-state index >= 15 is 0 Å². The van der Waals surface area contributed by atoms with Crippen molar-refractivity contribution in [3.8, 4) is 29.4 Å². The number of benzene rings is 3. The number of nitrogens with zero attached hydrogens (tertiary/aromatic N) is 2. The van der Waals surface area contributed by atoms with E-state index in [1.54, 1.807) is 55.6 Å². The molecule has 8 heteroatoms. The third-order valence-corrected chi connectivity index (χ3v) is 5.67. The van der Waals surface area contributed by atoms with Crippen molar-refractivity contribution in [2.24, 2.45) is 0 Å². The van der Waals surface area contributed by atoms with Crippen LogP contribution in [0.15, 0.2) is 66.2 Å². The van der Waals surface area contributed by atoms with E-state index in [1.807, 2.05) is 25.1 Å². The predicted octanol–water partition coefficient (Wildman–Crippen LogP) is 5.69. The quantitative estimate of drug-likeness (QED) is 0.198. The lowest BCUT2D eigenvalue weighted by Gasteiger charge is -2.15. The van der Waals surface area contributed by atoms with Gasteiger partial charge in [-0.15, -0.1) is 0 Å². The molecule has 3 rings (SSSR count). The molecular formula is C27H22IN3O4. The van der Waals surface area contributed by atoms with Crippen LogP contribution in [0.3, 0.4) is 0 Å². The average Bonchev–Trinajstić information content (AvgIpc) is 2.87. The lowest BCUT2D eigenvalue weighted by molar-refractivity contribution is -0.112. The van der Waals surface area contributed by atoms with Crippen LogP contribution in [0.1, 0.15) is 23.6 Å². The number of methoxy groups -OCH3 is 1. The molecule has 176 valence electrons. The number of anilines is 1. The van der Waals surface area contributed by atoms with Gasteiger partial charge in [0.25, 0.3) is 5.91 Å². The first-order valence-corrected chi connectivity index (χ1v) is 11.7. The topological polar surface area (TPSA) is 104 Å². The maximum absolute atomic E-state index is 12.7. The molecule has 1 amide bonds. The molecule has 0 fully saturated rings. The molecule has 0 saturated heterocycles. The van der Waals surface area contributed by atoms with Gasteiger partial charge in [0.05, 0.1) is 28.9 Å². The molecule has 0 aliphatic heterocycles. The summed E-state index contributed by atoms with van der Waals surface area (Å²) < 4.78 is 17.7. The highest BCUT2D eigenvalue weighted by Crippen LogP contribution is 2.35. The number of hydrogen-bond acceptors (Lipinski definition) is 6. The molecule has 1 N–H and O–H groups in total. The third kappa shape index (κ3) is 6.75. The summed E-state index contributed by atoms with van der Waals surface area (Å²) in [5.41, 5.74) is 2.41. The summed E-state index contributed by atoms with van der Waals surface area (Å²) in [6, 6.07) is 21.7. The van der Waals surface area contributed by atoms with E-state index in [2.05, 4.69) is 34.0 Å². The van der Waals surface area contributed by atoms with Crippen LogP contribution in [-0.4, -0.2) is 19.6 Å². The largest absolute Gasteiger partial charge is 0.497 e. The van der Waals surface area contributed by atoms with Crippen LogP contribution in [0.4, 0.5) is 5.69 Å². The fraction of sp³-hybridized carbons (Fsp3) is 0.148. The normalized spacial score (nSPS) is 10.6. The Morgan fingerprint density at radius 1 is 1.09 bits per heavy atom. The molecule has 3 aromatic rings. The molecule has 0 aliphatic rings. The van der Waals surface area contributed by atoms with E-state index in [9.17, 15) is 15.3 Å². The molecule has 7 nitrogen and oxygen atoms in total. The van der Waals surface area contributed by atoms with Gasteiger partial charge in [-0.1, -0.05) is 18.2 Å². The van der Waals surface area contributed by atoms with Crippen molar-refractivity contribution in [3.05, 3.63) is 86.5 Å². The first kappa shape index (κ1) is 25.6. The highest BCUT2D eigenvalue weighted by Gasteiger charge is 2.15. The Balaban J connectivity index is 1.84. The Bertz CT molecular complexity index is 1320. The van der Waals surface area contributed by atoms with Gasteiger partial charge in [0.1, 0.15) is 24.0 Å². The standard InChI is InChI=1S/C27H22IN3O4/c1-3-34-25-14-18(12-21(16-30)27(32)31-22-8-10-23(33-2)11-9-22)13-24(28)26(25)35-17-20-7-5-4-6-19(20)15-29/h4-14H,3,17H2,1-2H3,(H,31,32)/b21-12+. The van der Waals surface area contributed by atoms with Crippen molar-refractivity contribution in [2.75, 3.05) is 19.0 Å². The molecule has 3 aromatic carbocycles. The van der Waals surface area contributed by atoms with Gasteiger partial charge in [0.2, 0.25) is 0 Å². The number of carbonyl (C=O) groups is 1. The van der Waals surface area contributed by atoms with Crippen LogP contribution in [0.25, 0.3) is 6.08 Å². The van der Waals surface area contributed by atoms with Crippen molar-refractivity contribution in [2.45, 2.75) is 13.5 Å². The molecule has 0 atom stereocenters. The molecule has 35 heavy (non-hydrogen) atoms. The van der Waals surface area contributed by atoms with Gasteiger partial charge in [0, 0.05) is 11.3 Å². The minimum absolute atomic E-state index is 0.0596. The molecule has 0 radical (unpaired) electrons. The zero-order valence-electron chi connectivity index (χ0n) is 19.2. The smallest absolute Gasteiger partial charge is 0.266 e. The van der Waals surface area contributed by atoms with Crippen LogP contribution in [-0.2, 0) is 11.4 Å². The number of carbonyl (C=O) groups excluding carboxylic acids is 1. The van der Waals surface area contributed by atoms with E-state index in [-0.39, 0.29) is 12.2 Å². The first-order valence-electron chi connectivity index (χ1n) is 10.6. The maximum atomic E-state index is 12.7. The monoisotopic (exact) mass is 579 g/mol. The molecule has 0 aliphatic carbocycles. The van der Waals surface area contributed by atoms with E-state index in [4.69, 9.17) is 14.2 Å². The van der Waals surface area contributed by atoms with Gasteiger partial charge < -0.3 is 19.5 Å². The van der Waals surface area contributed by atoms with Crippen LogP contribution < -0.4 is 19.5 Å². The Labute approximate surface area is 217 Å². The minimum atomic E-state index is -0.529. The minimum Gasteiger partial charge on any atom is -0.497 e. The Hall–Kier alpha value is -4.02. The molecule has 0 saturated carbocycles. The second-order valence-electron chi connectivity index (χ2n) is 7.17. The number of amides is 1. The summed E-state index contributed by atoms with van der Waals surface area (Å²) in [5.74, 6) is 1.14. The Kier molecular flexibility index (Phi) is 9.10. The van der Waals surface area contributed by atoms with Gasteiger partial charge in [-0.05, 0) is 83.6 Å². The number of hydrogen-bond donors (Lipinski definition) is 1. The van der Waals surface area contributed by atoms with E-state index in [0.29, 0.717) is 40.7 Å². The molecule has 0 bridgehead atoms. The van der Waals surface area contributed by atoms with Crippen LogP contribution in [0, 0.1) is 26.2 Å². The van der Waals surface area contributed by atoms with E-state index < -0.39 is 5.91 Å². The molecule has 0 unspecified atom stereocenters.